The fourth-order valence-electron chi connectivity index (χ4n) is 2.46. The van der Waals surface area contributed by atoms with Gasteiger partial charge in [0.15, 0.2) is 17.2 Å². The van der Waals surface area contributed by atoms with E-state index in [-0.39, 0.29) is 11.3 Å². The summed E-state index contributed by atoms with van der Waals surface area (Å²) in [7, 11) is 0. The molecule has 1 aromatic heterocycles. The number of carbonyl (C=O) groups is 1. The predicted molar refractivity (Wildman–Crippen MR) is 90.8 cm³/mol. The topological polar surface area (TPSA) is 52.3 Å². The monoisotopic (exact) mass is 351 g/mol. The molecule has 4 rings (SSSR count). The van der Waals surface area contributed by atoms with Crippen LogP contribution in [-0.4, -0.2) is 11.0 Å². The van der Waals surface area contributed by atoms with Crippen LogP contribution in [0, 0.1) is 11.6 Å². The van der Waals surface area contributed by atoms with Gasteiger partial charge in [-0.3, -0.25) is 0 Å². The number of halogens is 2. The average Bonchev–Trinajstić information content (AvgIpc) is 3.08. The van der Waals surface area contributed by atoms with Crippen molar-refractivity contribution in [2.75, 3.05) is 0 Å². The van der Waals surface area contributed by atoms with Crippen LogP contribution in [-0.2, 0) is 0 Å². The largest absolute Gasteiger partial charge is 0.436 e. The van der Waals surface area contributed by atoms with Crippen molar-refractivity contribution in [1.82, 2.24) is 4.98 Å². The number of aromatic nitrogens is 1. The van der Waals surface area contributed by atoms with Crippen molar-refractivity contribution < 1.29 is 22.7 Å². The zero-order valence-corrected chi connectivity index (χ0v) is 13.3. The highest BCUT2D eigenvalue weighted by Crippen LogP contribution is 2.27. The second-order valence-corrected chi connectivity index (χ2v) is 5.53. The Kier molecular flexibility index (Phi) is 3.93. The summed E-state index contributed by atoms with van der Waals surface area (Å²) in [6.45, 7) is 0. The molecule has 0 N–H and O–H groups in total. The summed E-state index contributed by atoms with van der Waals surface area (Å²) in [5.41, 5.74) is 1.78. The Morgan fingerprint density at radius 3 is 2.50 bits per heavy atom. The van der Waals surface area contributed by atoms with Gasteiger partial charge >= 0.3 is 5.97 Å². The Labute approximate surface area is 146 Å². The van der Waals surface area contributed by atoms with Crippen LogP contribution >= 0.6 is 0 Å². The molecule has 4 aromatic rings. The van der Waals surface area contributed by atoms with Gasteiger partial charge in [-0.15, -0.1) is 0 Å². The summed E-state index contributed by atoms with van der Waals surface area (Å²) in [6.07, 6.45) is 0. The molecule has 0 atom stereocenters. The molecular weight excluding hydrogens is 340 g/mol. The summed E-state index contributed by atoms with van der Waals surface area (Å²) in [6, 6.07) is 16.9. The first-order valence-corrected chi connectivity index (χ1v) is 7.73. The minimum atomic E-state index is -1.11. The van der Waals surface area contributed by atoms with E-state index in [1.807, 2.05) is 30.3 Å². The molecule has 6 heteroatoms. The van der Waals surface area contributed by atoms with Crippen LogP contribution in [0.4, 0.5) is 8.78 Å². The Morgan fingerprint density at radius 2 is 1.73 bits per heavy atom. The molecule has 0 aliphatic carbocycles. The third kappa shape index (κ3) is 3.04. The SMILES string of the molecule is O=C(Oc1ccc2nc(-c3ccccc3)oc2c1)c1ccc(F)c(F)c1. The van der Waals surface area contributed by atoms with Gasteiger partial charge in [0.2, 0.25) is 5.89 Å². The second kappa shape index (κ2) is 6.40. The van der Waals surface area contributed by atoms with Crippen molar-refractivity contribution in [1.29, 1.82) is 0 Å². The molecule has 0 unspecified atom stereocenters. The van der Waals surface area contributed by atoms with Gasteiger partial charge in [-0.1, -0.05) is 18.2 Å². The summed E-state index contributed by atoms with van der Waals surface area (Å²) < 4.78 is 37.1. The molecule has 0 bridgehead atoms. The Hall–Kier alpha value is -3.54. The van der Waals surface area contributed by atoms with E-state index in [0.29, 0.717) is 17.0 Å². The maximum atomic E-state index is 13.2. The number of hydrogen-bond acceptors (Lipinski definition) is 4. The first-order valence-electron chi connectivity index (χ1n) is 7.73. The van der Waals surface area contributed by atoms with E-state index >= 15 is 0 Å². The van der Waals surface area contributed by atoms with Crippen LogP contribution in [0.25, 0.3) is 22.6 Å². The number of ether oxygens (including phenoxy) is 1. The van der Waals surface area contributed by atoms with Crippen molar-refractivity contribution in [3.8, 4) is 17.2 Å². The molecule has 0 aliphatic heterocycles. The number of rotatable bonds is 3. The molecule has 0 fully saturated rings. The quantitative estimate of drug-likeness (QED) is 0.385. The molecule has 0 radical (unpaired) electrons. The Balaban J connectivity index is 1.61. The van der Waals surface area contributed by atoms with Crippen molar-refractivity contribution in [2.45, 2.75) is 0 Å². The molecule has 0 saturated carbocycles. The van der Waals surface area contributed by atoms with Crippen molar-refractivity contribution in [3.63, 3.8) is 0 Å². The maximum Gasteiger partial charge on any atom is 0.343 e. The fraction of sp³-hybridized carbons (Fsp3) is 0. The highest BCUT2D eigenvalue weighted by molar-refractivity contribution is 5.91. The minimum absolute atomic E-state index is 0.0912. The van der Waals surface area contributed by atoms with Gasteiger partial charge in [0.25, 0.3) is 0 Å². The lowest BCUT2D eigenvalue weighted by Gasteiger charge is -2.04. The smallest absolute Gasteiger partial charge is 0.343 e. The number of carbonyl (C=O) groups excluding carboxylic acids is 1. The maximum absolute atomic E-state index is 13.2. The van der Waals surface area contributed by atoms with Gasteiger partial charge in [0.1, 0.15) is 11.3 Å². The summed E-state index contributed by atoms with van der Waals surface area (Å²) in [5.74, 6) is -2.28. The zero-order valence-electron chi connectivity index (χ0n) is 13.3. The molecule has 26 heavy (non-hydrogen) atoms. The van der Waals surface area contributed by atoms with Crippen LogP contribution < -0.4 is 4.74 Å². The summed E-state index contributed by atoms with van der Waals surface area (Å²) in [5, 5.41) is 0. The predicted octanol–water partition coefficient (Wildman–Crippen LogP) is 4.99. The third-order valence-corrected chi connectivity index (χ3v) is 3.75. The van der Waals surface area contributed by atoms with Gasteiger partial charge in [0, 0.05) is 11.6 Å². The highest BCUT2D eigenvalue weighted by atomic mass is 19.2. The van der Waals surface area contributed by atoms with Gasteiger partial charge in [-0.25, -0.2) is 18.6 Å². The summed E-state index contributed by atoms with van der Waals surface area (Å²) >= 11 is 0. The van der Waals surface area contributed by atoms with Gasteiger partial charge in [-0.05, 0) is 42.5 Å². The van der Waals surface area contributed by atoms with Crippen LogP contribution in [0.3, 0.4) is 0 Å². The van der Waals surface area contributed by atoms with Crippen LogP contribution in [0.2, 0.25) is 0 Å². The van der Waals surface area contributed by atoms with E-state index < -0.39 is 17.6 Å². The zero-order chi connectivity index (χ0) is 18.1. The lowest BCUT2D eigenvalue weighted by atomic mass is 10.2. The molecule has 3 aromatic carbocycles. The van der Waals surface area contributed by atoms with Gasteiger partial charge in [0.05, 0.1) is 5.56 Å². The van der Waals surface area contributed by atoms with E-state index in [1.54, 1.807) is 12.1 Å². The standard InChI is InChI=1S/C20H11F2NO3/c21-15-8-6-13(10-16(15)22)20(24)25-14-7-9-17-18(11-14)26-19(23-17)12-4-2-1-3-5-12/h1-11H. The lowest BCUT2D eigenvalue weighted by Crippen LogP contribution is -2.09. The van der Waals surface area contributed by atoms with E-state index in [2.05, 4.69) is 4.98 Å². The average molecular weight is 351 g/mol. The van der Waals surface area contributed by atoms with E-state index in [1.165, 1.54) is 6.07 Å². The highest BCUT2D eigenvalue weighted by Gasteiger charge is 2.14. The molecule has 4 nitrogen and oxygen atoms in total. The molecule has 1 heterocycles. The number of hydrogen-bond donors (Lipinski definition) is 0. The first kappa shape index (κ1) is 16.0. The minimum Gasteiger partial charge on any atom is -0.436 e. The van der Waals surface area contributed by atoms with E-state index in [4.69, 9.17) is 9.15 Å². The van der Waals surface area contributed by atoms with Crippen LogP contribution in [0.15, 0.2) is 71.1 Å². The van der Waals surface area contributed by atoms with E-state index in [0.717, 1.165) is 23.8 Å². The van der Waals surface area contributed by atoms with Crippen LogP contribution in [0.1, 0.15) is 10.4 Å². The van der Waals surface area contributed by atoms with Gasteiger partial charge < -0.3 is 9.15 Å². The van der Waals surface area contributed by atoms with Crippen molar-refractivity contribution >= 4 is 17.1 Å². The Bertz CT molecular complexity index is 1110. The molecule has 0 saturated heterocycles. The number of esters is 1. The number of nitrogens with zero attached hydrogens (tertiary/aromatic N) is 1. The second-order valence-electron chi connectivity index (χ2n) is 5.53. The van der Waals surface area contributed by atoms with Gasteiger partial charge in [-0.2, -0.15) is 0 Å². The normalized spacial score (nSPS) is 10.8. The molecule has 128 valence electrons. The summed E-state index contributed by atoms with van der Waals surface area (Å²) in [4.78, 5) is 16.5. The lowest BCUT2D eigenvalue weighted by molar-refractivity contribution is 0.0734. The van der Waals surface area contributed by atoms with E-state index in [9.17, 15) is 13.6 Å². The molecule has 0 amide bonds. The van der Waals surface area contributed by atoms with Crippen molar-refractivity contribution in [3.05, 3.63) is 83.9 Å². The molecule has 0 spiro atoms. The molecule has 0 aliphatic rings. The number of fused-ring (bicyclic) bond motifs is 1. The number of benzene rings is 3. The fourth-order valence-corrected chi connectivity index (χ4v) is 2.46. The number of oxazole rings is 1. The van der Waals surface area contributed by atoms with Crippen molar-refractivity contribution in [2.24, 2.45) is 0 Å². The third-order valence-electron chi connectivity index (χ3n) is 3.75. The molecular formula is C20H11F2NO3. The van der Waals surface area contributed by atoms with Crippen LogP contribution in [0.5, 0.6) is 5.75 Å². The first-order chi connectivity index (χ1) is 12.6. The Morgan fingerprint density at radius 1 is 0.923 bits per heavy atom.